The number of aromatic carboxylic acids is 1. The Hall–Kier alpha value is -2.49. The molecule has 9 nitrogen and oxygen atoms in total. The zero-order valence-electron chi connectivity index (χ0n) is 14.3. The summed E-state index contributed by atoms with van der Waals surface area (Å²) < 4.78 is 4.18. The van der Waals surface area contributed by atoms with Gasteiger partial charge in [-0.3, -0.25) is 20.9 Å². The van der Waals surface area contributed by atoms with E-state index in [1.807, 2.05) is 26.0 Å². The number of carbonyl (C=O) groups is 3. The van der Waals surface area contributed by atoms with Crippen LogP contribution in [0.5, 0.6) is 5.75 Å². The number of hydrazine groups is 1. The van der Waals surface area contributed by atoms with E-state index in [0.717, 1.165) is 0 Å². The van der Waals surface area contributed by atoms with Gasteiger partial charge in [-0.1, -0.05) is 12.1 Å². The Labute approximate surface area is 141 Å². The van der Waals surface area contributed by atoms with Gasteiger partial charge in [-0.05, 0) is 33.3 Å². The number of para-hydroxylation sites is 1. The SMILES string of the molecule is CC(=O)OC(=O)CCNN.CN(C)C.O=C(O)c1ccccc1O. The van der Waals surface area contributed by atoms with Crippen LogP contribution >= 0.6 is 0 Å². The van der Waals surface area contributed by atoms with Gasteiger partial charge in [-0.15, -0.1) is 0 Å². The lowest BCUT2D eigenvalue weighted by Gasteiger charge is -1.97. The predicted molar refractivity (Wildman–Crippen MR) is 88.3 cm³/mol. The number of carboxylic acids is 1. The molecule has 0 aliphatic carbocycles. The Bertz CT molecular complexity index is 517. The molecule has 1 rings (SSSR count). The molecule has 0 unspecified atom stereocenters. The lowest BCUT2D eigenvalue weighted by molar-refractivity contribution is -0.157. The summed E-state index contributed by atoms with van der Waals surface area (Å²) in [4.78, 5) is 32.9. The number of benzene rings is 1. The van der Waals surface area contributed by atoms with Gasteiger partial charge in [0.25, 0.3) is 0 Å². The fourth-order valence-electron chi connectivity index (χ4n) is 1.04. The van der Waals surface area contributed by atoms with Crippen molar-refractivity contribution in [3.63, 3.8) is 0 Å². The molecule has 0 heterocycles. The summed E-state index contributed by atoms with van der Waals surface area (Å²) in [6, 6.07) is 5.81. The summed E-state index contributed by atoms with van der Waals surface area (Å²) in [5.41, 5.74) is 2.19. The van der Waals surface area contributed by atoms with Gasteiger partial charge in [0, 0.05) is 13.5 Å². The van der Waals surface area contributed by atoms with E-state index >= 15 is 0 Å². The molecule has 9 heteroatoms. The number of aromatic hydroxyl groups is 1. The molecule has 1 aromatic carbocycles. The van der Waals surface area contributed by atoms with E-state index < -0.39 is 17.9 Å². The van der Waals surface area contributed by atoms with E-state index in [0.29, 0.717) is 6.54 Å². The van der Waals surface area contributed by atoms with Gasteiger partial charge in [-0.2, -0.15) is 0 Å². The largest absolute Gasteiger partial charge is 0.507 e. The predicted octanol–water partition coefficient (Wildman–Crippen LogP) is 0.198. The smallest absolute Gasteiger partial charge is 0.339 e. The summed E-state index contributed by atoms with van der Waals surface area (Å²) in [6.45, 7) is 1.49. The van der Waals surface area contributed by atoms with Crippen molar-refractivity contribution in [2.24, 2.45) is 5.84 Å². The third-order valence-corrected chi connectivity index (χ3v) is 1.87. The maximum Gasteiger partial charge on any atom is 0.339 e. The number of carbonyl (C=O) groups excluding carboxylic acids is 2. The van der Waals surface area contributed by atoms with Crippen LogP contribution in [0.25, 0.3) is 0 Å². The highest BCUT2D eigenvalue weighted by molar-refractivity contribution is 5.90. The summed E-state index contributed by atoms with van der Waals surface area (Å²) in [5.74, 6) is 2.39. The van der Waals surface area contributed by atoms with Crippen LogP contribution in [-0.4, -0.2) is 60.7 Å². The molecular formula is C15H25N3O6. The minimum absolute atomic E-state index is 0.0671. The molecule has 0 saturated carbocycles. The third kappa shape index (κ3) is 15.9. The number of phenols is 1. The van der Waals surface area contributed by atoms with E-state index in [2.05, 4.69) is 10.2 Å². The highest BCUT2D eigenvalue weighted by Crippen LogP contribution is 2.14. The summed E-state index contributed by atoms with van der Waals surface area (Å²) >= 11 is 0. The second kappa shape index (κ2) is 14.1. The fourth-order valence-corrected chi connectivity index (χ4v) is 1.04. The molecule has 0 atom stereocenters. The molecule has 0 fully saturated rings. The normalized spacial score (nSPS) is 9.08. The molecule has 0 aromatic heterocycles. The van der Waals surface area contributed by atoms with E-state index in [-0.39, 0.29) is 17.7 Å². The number of carboxylic acid groups (broad SMARTS) is 1. The molecule has 0 aliphatic rings. The van der Waals surface area contributed by atoms with Gasteiger partial charge in [0.1, 0.15) is 11.3 Å². The third-order valence-electron chi connectivity index (χ3n) is 1.87. The van der Waals surface area contributed by atoms with Gasteiger partial charge in [-0.25, -0.2) is 4.79 Å². The van der Waals surface area contributed by atoms with Crippen LogP contribution in [0, 0.1) is 0 Å². The van der Waals surface area contributed by atoms with Crippen LogP contribution in [0.15, 0.2) is 24.3 Å². The molecule has 0 spiro atoms. The van der Waals surface area contributed by atoms with Crippen molar-refractivity contribution >= 4 is 17.9 Å². The highest BCUT2D eigenvalue weighted by atomic mass is 16.6. The van der Waals surface area contributed by atoms with Crippen LogP contribution < -0.4 is 11.3 Å². The first-order valence-corrected chi connectivity index (χ1v) is 6.88. The number of hydrogen-bond donors (Lipinski definition) is 4. The first-order chi connectivity index (χ1) is 11.1. The number of hydrogen-bond acceptors (Lipinski definition) is 8. The van der Waals surface area contributed by atoms with Crippen molar-refractivity contribution in [1.29, 1.82) is 0 Å². The molecule has 0 radical (unpaired) electrons. The number of nitrogens with two attached hydrogens (primary N) is 1. The first kappa shape index (κ1) is 23.8. The van der Waals surface area contributed by atoms with Crippen molar-refractivity contribution < 1.29 is 29.3 Å². The van der Waals surface area contributed by atoms with Crippen LogP contribution in [0.1, 0.15) is 23.7 Å². The number of rotatable bonds is 4. The van der Waals surface area contributed by atoms with Crippen molar-refractivity contribution in [2.45, 2.75) is 13.3 Å². The second-order valence-corrected chi connectivity index (χ2v) is 4.83. The Morgan fingerprint density at radius 3 is 2.04 bits per heavy atom. The number of nitrogens with one attached hydrogen (secondary N) is 1. The van der Waals surface area contributed by atoms with Gasteiger partial charge in [0.05, 0.1) is 6.42 Å². The maximum absolute atomic E-state index is 10.5. The maximum atomic E-state index is 10.5. The van der Waals surface area contributed by atoms with E-state index in [1.54, 1.807) is 12.1 Å². The number of nitrogens with zero attached hydrogens (tertiary/aromatic N) is 1. The lowest BCUT2D eigenvalue weighted by Crippen LogP contribution is -2.25. The summed E-state index contributed by atoms with van der Waals surface area (Å²) in [5, 5.41) is 17.3. The molecular weight excluding hydrogens is 318 g/mol. The fraction of sp³-hybridized carbons (Fsp3) is 0.400. The van der Waals surface area contributed by atoms with Gasteiger partial charge >= 0.3 is 17.9 Å². The molecule has 0 aliphatic heterocycles. The van der Waals surface area contributed by atoms with Crippen LogP contribution in [0.4, 0.5) is 0 Å². The van der Waals surface area contributed by atoms with Crippen LogP contribution in [0.2, 0.25) is 0 Å². The average molecular weight is 343 g/mol. The van der Waals surface area contributed by atoms with Crippen molar-refractivity contribution in [3.8, 4) is 5.75 Å². The molecule has 5 N–H and O–H groups in total. The average Bonchev–Trinajstić information content (AvgIpc) is 2.44. The first-order valence-electron chi connectivity index (χ1n) is 6.88. The van der Waals surface area contributed by atoms with Crippen molar-refractivity contribution in [2.75, 3.05) is 27.7 Å². The van der Waals surface area contributed by atoms with Crippen LogP contribution in [-0.2, 0) is 14.3 Å². The summed E-state index contributed by atoms with van der Waals surface area (Å²) in [7, 11) is 6.00. The van der Waals surface area contributed by atoms with Gasteiger partial charge in [0.2, 0.25) is 0 Å². The molecule has 24 heavy (non-hydrogen) atoms. The molecule has 0 saturated heterocycles. The Morgan fingerprint density at radius 2 is 1.71 bits per heavy atom. The lowest BCUT2D eigenvalue weighted by atomic mass is 10.2. The van der Waals surface area contributed by atoms with Crippen LogP contribution in [0.3, 0.4) is 0 Å². The Kier molecular flexibility index (Phi) is 14.0. The Balaban J connectivity index is 0. The molecule has 0 amide bonds. The standard InChI is InChI=1S/C7H6O3.C5H10N2O3.C3H9N/c8-6-4-2-1-3-5(6)7(9)10;1-4(8)10-5(9)2-3-7-6;1-4(2)3/h1-4,8H,(H,9,10);7H,2-3,6H2,1H3;1-3H3. The van der Waals surface area contributed by atoms with Gasteiger partial charge < -0.3 is 19.8 Å². The monoisotopic (exact) mass is 343 g/mol. The van der Waals surface area contributed by atoms with E-state index in [1.165, 1.54) is 19.1 Å². The minimum Gasteiger partial charge on any atom is -0.507 e. The highest BCUT2D eigenvalue weighted by Gasteiger charge is 2.05. The number of ether oxygens (including phenoxy) is 1. The quantitative estimate of drug-likeness (QED) is 0.261. The minimum atomic E-state index is -1.11. The van der Waals surface area contributed by atoms with E-state index in [9.17, 15) is 14.4 Å². The Morgan fingerprint density at radius 1 is 1.21 bits per heavy atom. The van der Waals surface area contributed by atoms with Crippen molar-refractivity contribution in [1.82, 2.24) is 10.3 Å². The molecule has 0 bridgehead atoms. The topological polar surface area (TPSA) is 142 Å². The second-order valence-electron chi connectivity index (χ2n) is 4.83. The zero-order chi connectivity index (χ0) is 19.1. The van der Waals surface area contributed by atoms with Gasteiger partial charge in [0.15, 0.2) is 0 Å². The van der Waals surface area contributed by atoms with E-state index in [4.69, 9.17) is 16.1 Å². The van der Waals surface area contributed by atoms with Crippen molar-refractivity contribution in [3.05, 3.63) is 29.8 Å². The molecule has 1 aromatic rings. The molecule has 136 valence electrons. The number of esters is 2. The summed E-state index contributed by atoms with van der Waals surface area (Å²) in [6.07, 6.45) is 0.107. The zero-order valence-corrected chi connectivity index (χ0v) is 14.3.